The highest BCUT2D eigenvalue weighted by Crippen LogP contribution is 2.37. The van der Waals surface area contributed by atoms with Crippen LogP contribution in [0, 0.1) is 0 Å². The van der Waals surface area contributed by atoms with Gasteiger partial charge in [0.05, 0.1) is 17.8 Å². The third-order valence-corrected chi connectivity index (χ3v) is 6.44. The Balaban J connectivity index is 1.82. The van der Waals surface area contributed by atoms with Crippen LogP contribution in [0.5, 0.6) is 11.5 Å². The van der Waals surface area contributed by atoms with E-state index in [9.17, 15) is 0 Å². The van der Waals surface area contributed by atoms with Crippen LogP contribution >= 0.6 is 22.6 Å². The molecule has 0 radical (unpaired) electrons. The first-order valence-corrected chi connectivity index (χ1v) is 11.7. The van der Waals surface area contributed by atoms with Gasteiger partial charge < -0.3 is 23.5 Å². The van der Waals surface area contributed by atoms with E-state index in [1.165, 1.54) is 5.56 Å². The highest BCUT2D eigenvalue weighted by molar-refractivity contribution is 14.1. The van der Waals surface area contributed by atoms with Gasteiger partial charge in [-0.2, -0.15) is 0 Å². The molecular weight excluding hydrogens is 494 g/mol. The zero-order chi connectivity index (χ0) is 21.8. The van der Waals surface area contributed by atoms with Crippen LogP contribution in [-0.4, -0.2) is 31.7 Å². The van der Waals surface area contributed by atoms with E-state index >= 15 is 0 Å². The molecule has 1 saturated heterocycles. The van der Waals surface area contributed by atoms with Crippen molar-refractivity contribution in [2.75, 3.05) is 13.4 Å². The molecule has 0 N–H and O–H groups in total. The fraction of sp³-hybridized carbons (Fsp3) is 0.478. The van der Waals surface area contributed by atoms with Crippen molar-refractivity contribution in [1.82, 2.24) is 0 Å². The molecule has 0 aliphatic carbocycles. The van der Waals surface area contributed by atoms with Gasteiger partial charge in [-0.05, 0) is 75.5 Å². The fourth-order valence-corrected chi connectivity index (χ4v) is 3.56. The molecule has 1 aliphatic heterocycles. The van der Waals surface area contributed by atoms with E-state index in [4.69, 9.17) is 23.5 Å². The largest absolute Gasteiger partial charge is 0.495 e. The van der Waals surface area contributed by atoms with Crippen LogP contribution in [0.4, 0.5) is 0 Å². The number of hydrogen-bond donors (Lipinski definition) is 0. The van der Waals surface area contributed by atoms with Crippen LogP contribution in [0.3, 0.4) is 0 Å². The van der Waals surface area contributed by atoms with Gasteiger partial charge in [0, 0.05) is 11.0 Å². The summed E-state index contributed by atoms with van der Waals surface area (Å²) >= 11 is 2.35. The Morgan fingerprint density at radius 2 is 1.53 bits per heavy atom. The van der Waals surface area contributed by atoms with Gasteiger partial charge in [-0.15, -0.1) is 0 Å². The van der Waals surface area contributed by atoms with E-state index in [-0.39, 0.29) is 6.79 Å². The minimum Gasteiger partial charge on any atom is -0.457 e. The van der Waals surface area contributed by atoms with Crippen LogP contribution in [0.2, 0.25) is 0 Å². The third kappa shape index (κ3) is 5.56. The molecular formula is C23H30BIO5. The molecule has 30 heavy (non-hydrogen) atoms. The topological polar surface area (TPSA) is 46.2 Å². The summed E-state index contributed by atoms with van der Waals surface area (Å²) < 4.78 is 30.6. The predicted octanol–water partition coefficient (Wildman–Crippen LogP) is 5.22. The Morgan fingerprint density at radius 1 is 0.900 bits per heavy atom. The zero-order valence-electron chi connectivity index (χ0n) is 18.4. The number of benzene rings is 2. The van der Waals surface area contributed by atoms with Crippen LogP contribution in [-0.2, 0) is 29.8 Å². The molecule has 0 amide bonds. The predicted molar refractivity (Wildman–Crippen MR) is 128 cm³/mol. The molecule has 1 fully saturated rings. The Hall–Kier alpha value is -1.13. The van der Waals surface area contributed by atoms with Crippen molar-refractivity contribution in [2.45, 2.75) is 56.9 Å². The van der Waals surface area contributed by atoms with Crippen LogP contribution in [0.1, 0.15) is 45.7 Å². The van der Waals surface area contributed by atoms with E-state index in [1.807, 2.05) is 37.3 Å². The van der Waals surface area contributed by atoms with Gasteiger partial charge in [-0.25, -0.2) is 0 Å². The first-order valence-electron chi connectivity index (χ1n) is 10.2. The van der Waals surface area contributed by atoms with E-state index < -0.39 is 18.3 Å². The van der Waals surface area contributed by atoms with Crippen molar-refractivity contribution < 1.29 is 23.5 Å². The molecule has 2 aromatic rings. The highest BCUT2D eigenvalue weighted by Gasteiger charge is 2.52. The van der Waals surface area contributed by atoms with Crippen LogP contribution in [0.15, 0.2) is 42.5 Å². The van der Waals surface area contributed by atoms with Crippen molar-refractivity contribution in [1.29, 1.82) is 0 Å². The lowest BCUT2D eigenvalue weighted by Gasteiger charge is -2.32. The molecule has 0 atom stereocenters. The number of halogens is 1. The van der Waals surface area contributed by atoms with E-state index in [2.05, 4.69) is 62.4 Å². The summed E-state index contributed by atoms with van der Waals surface area (Å²) in [6.07, 6.45) is 0. The summed E-state index contributed by atoms with van der Waals surface area (Å²) in [5, 5.41) is 0. The maximum absolute atomic E-state index is 6.25. The fourth-order valence-electron chi connectivity index (χ4n) is 3.05. The molecule has 0 saturated carbocycles. The average molecular weight is 524 g/mol. The number of hydrogen-bond acceptors (Lipinski definition) is 5. The molecule has 0 spiro atoms. The molecule has 0 bridgehead atoms. The van der Waals surface area contributed by atoms with Crippen molar-refractivity contribution in [3.05, 3.63) is 53.6 Å². The molecule has 2 aromatic carbocycles. The molecule has 3 rings (SSSR count). The number of alkyl halides is 1. The van der Waals surface area contributed by atoms with Crippen LogP contribution < -0.4 is 10.2 Å². The first kappa shape index (κ1) is 23.5. The Bertz CT molecular complexity index is 822. The standard InChI is InChI=1S/C23H30BIO5/c1-6-26-16-27-15-18-13-20(28-19-9-7-17(14-25)8-10-19)11-12-21(18)24-29-22(2,3)23(4,5)30-24/h7-13H,6,14-16H2,1-5H3. The third-order valence-electron chi connectivity index (χ3n) is 5.56. The van der Waals surface area contributed by atoms with Gasteiger partial charge in [0.25, 0.3) is 0 Å². The van der Waals surface area contributed by atoms with Crippen molar-refractivity contribution >= 4 is 35.2 Å². The Kier molecular flexibility index (Phi) is 7.84. The zero-order valence-corrected chi connectivity index (χ0v) is 20.5. The number of ether oxygens (including phenoxy) is 3. The average Bonchev–Trinajstić information content (AvgIpc) is 2.93. The minimum atomic E-state index is -0.460. The lowest BCUT2D eigenvalue weighted by atomic mass is 9.76. The Morgan fingerprint density at radius 3 is 2.13 bits per heavy atom. The van der Waals surface area contributed by atoms with Gasteiger partial charge >= 0.3 is 7.12 Å². The summed E-state index contributed by atoms with van der Waals surface area (Å²) in [4.78, 5) is 0. The first-order chi connectivity index (χ1) is 14.3. The molecule has 1 aliphatic rings. The van der Waals surface area contributed by atoms with Crippen molar-refractivity contribution in [3.8, 4) is 11.5 Å². The number of rotatable bonds is 9. The van der Waals surface area contributed by atoms with E-state index in [0.29, 0.717) is 13.2 Å². The summed E-state index contributed by atoms with van der Waals surface area (Å²) in [6.45, 7) is 11.4. The maximum atomic E-state index is 6.25. The smallest absolute Gasteiger partial charge is 0.457 e. The van der Waals surface area contributed by atoms with Crippen LogP contribution in [0.25, 0.3) is 0 Å². The quantitative estimate of drug-likeness (QED) is 0.148. The molecule has 1 heterocycles. The van der Waals surface area contributed by atoms with Gasteiger partial charge in [-0.1, -0.05) is 40.8 Å². The van der Waals surface area contributed by atoms with Gasteiger partial charge in [0.15, 0.2) is 0 Å². The molecule has 162 valence electrons. The molecule has 0 aromatic heterocycles. The second-order valence-corrected chi connectivity index (χ2v) is 9.05. The summed E-state index contributed by atoms with van der Waals surface area (Å²) in [7, 11) is -0.460. The van der Waals surface area contributed by atoms with Gasteiger partial charge in [-0.3, -0.25) is 0 Å². The minimum absolute atomic E-state index is 0.238. The van der Waals surface area contributed by atoms with Crippen molar-refractivity contribution in [2.24, 2.45) is 0 Å². The van der Waals surface area contributed by atoms with Gasteiger partial charge in [0.2, 0.25) is 0 Å². The van der Waals surface area contributed by atoms with E-state index in [0.717, 1.165) is 27.0 Å². The van der Waals surface area contributed by atoms with Crippen molar-refractivity contribution in [3.63, 3.8) is 0 Å². The second-order valence-electron chi connectivity index (χ2n) is 8.29. The lowest BCUT2D eigenvalue weighted by Crippen LogP contribution is -2.41. The highest BCUT2D eigenvalue weighted by atomic mass is 127. The molecule has 0 unspecified atom stereocenters. The molecule has 7 heteroatoms. The maximum Gasteiger partial charge on any atom is 0.495 e. The molecule has 5 nitrogen and oxygen atoms in total. The summed E-state index contributed by atoms with van der Waals surface area (Å²) in [5.74, 6) is 1.54. The SMILES string of the molecule is CCOCOCc1cc(Oc2ccc(CI)cc2)ccc1B1OC(C)(C)C(C)(C)O1. The summed E-state index contributed by atoms with van der Waals surface area (Å²) in [5.41, 5.74) is 2.35. The monoisotopic (exact) mass is 524 g/mol. The normalized spacial score (nSPS) is 17.3. The van der Waals surface area contributed by atoms with E-state index in [1.54, 1.807) is 0 Å². The lowest BCUT2D eigenvalue weighted by molar-refractivity contribution is -0.0570. The summed E-state index contributed by atoms with van der Waals surface area (Å²) in [6, 6.07) is 14.1. The Labute approximate surface area is 193 Å². The van der Waals surface area contributed by atoms with Gasteiger partial charge in [0.1, 0.15) is 18.3 Å². The second kappa shape index (κ2) is 10.00.